The van der Waals surface area contributed by atoms with Crippen molar-refractivity contribution in [1.29, 1.82) is 0 Å². The number of halogens is 1. The van der Waals surface area contributed by atoms with Crippen molar-refractivity contribution < 1.29 is 4.39 Å². The van der Waals surface area contributed by atoms with Crippen LogP contribution < -0.4 is 5.73 Å². The monoisotopic (exact) mass is 135 g/mol. The Kier molecular flexibility index (Phi) is 14.0. The molecule has 0 aromatic carbocycles. The maximum atomic E-state index is 12.1. The van der Waals surface area contributed by atoms with Gasteiger partial charge in [-0.3, -0.25) is 0 Å². The van der Waals surface area contributed by atoms with Gasteiger partial charge in [-0.15, -0.1) is 0 Å². The number of rotatable bonds is 3. The second-order valence-corrected chi connectivity index (χ2v) is 1.58. The van der Waals surface area contributed by atoms with Crippen LogP contribution in [-0.4, -0.2) is 12.7 Å². The lowest BCUT2D eigenvalue weighted by Crippen LogP contribution is -2.07. The van der Waals surface area contributed by atoms with E-state index in [1.807, 2.05) is 20.8 Å². The summed E-state index contributed by atoms with van der Waals surface area (Å²) in [6.07, 6.45) is 0.429. The van der Waals surface area contributed by atoms with Crippen LogP contribution in [0.3, 0.4) is 0 Å². The summed E-state index contributed by atoms with van der Waals surface area (Å²) in [7, 11) is 0. The molecule has 58 valence electrons. The predicted octanol–water partition coefficient (Wildman–Crippen LogP) is 2.11. The minimum atomic E-state index is -0.676. The zero-order valence-electron chi connectivity index (χ0n) is 6.65. The second kappa shape index (κ2) is 10.8. The van der Waals surface area contributed by atoms with Gasteiger partial charge in [0.15, 0.2) is 0 Å². The molecule has 0 aliphatic heterocycles. The average Bonchev–Trinajstić information content (AvgIpc) is 1.93. The van der Waals surface area contributed by atoms with Crippen molar-refractivity contribution in [2.24, 2.45) is 5.73 Å². The first kappa shape index (κ1) is 11.7. The summed E-state index contributed by atoms with van der Waals surface area (Å²) in [5, 5.41) is 0. The molecule has 0 saturated heterocycles. The Morgan fingerprint density at radius 2 is 1.89 bits per heavy atom. The molecule has 0 heterocycles. The van der Waals surface area contributed by atoms with E-state index in [0.717, 1.165) is 0 Å². The van der Waals surface area contributed by atoms with Gasteiger partial charge in [-0.25, -0.2) is 4.39 Å². The molecular formula is C7H18FN. The highest BCUT2D eigenvalue weighted by Gasteiger charge is 1.97. The molecule has 0 aromatic heterocycles. The lowest BCUT2D eigenvalue weighted by atomic mass is 10.2. The zero-order chi connectivity index (χ0) is 7.70. The van der Waals surface area contributed by atoms with E-state index < -0.39 is 6.17 Å². The first-order chi connectivity index (χ1) is 4.31. The fourth-order valence-electron chi connectivity index (χ4n) is 0.385. The molecule has 0 aliphatic carbocycles. The smallest absolute Gasteiger partial charge is 0.101 e. The van der Waals surface area contributed by atoms with E-state index in [-0.39, 0.29) is 0 Å². The molecular weight excluding hydrogens is 117 g/mol. The summed E-state index contributed by atoms with van der Waals surface area (Å²) in [5.41, 5.74) is 5.06. The van der Waals surface area contributed by atoms with E-state index in [2.05, 4.69) is 0 Å². The summed E-state index contributed by atoms with van der Waals surface area (Å²) < 4.78 is 12.1. The highest BCUT2D eigenvalue weighted by molar-refractivity contribution is 4.51. The van der Waals surface area contributed by atoms with Crippen LogP contribution in [0.2, 0.25) is 0 Å². The Morgan fingerprint density at radius 1 is 1.44 bits per heavy atom. The molecule has 0 saturated carbocycles. The topological polar surface area (TPSA) is 26.0 Å². The van der Waals surface area contributed by atoms with E-state index >= 15 is 0 Å². The molecule has 0 aliphatic rings. The van der Waals surface area contributed by atoms with Gasteiger partial charge in [0.2, 0.25) is 0 Å². The third-order valence-electron chi connectivity index (χ3n) is 0.923. The summed E-state index contributed by atoms with van der Waals surface area (Å²) >= 11 is 0. The van der Waals surface area contributed by atoms with E-state index in [4.69, 9.17) is 5.73 Å². The molecule has 1 nitrogen and oxygen atoms in total. The van der Waals surface area contributed by atoms with Crippen LogP contribution in [-0.2, 0) is 0 Å². The molecule has 9 heavy (non-hydrogen) atoms. The zero-order valence-corrected chi connectivity index (χ0v) is 6.65. The van der Waals surface area contributed by atoms with Crippen molar-refractivity contribution >= 4 is 0 Å². The van der Waals surface area contributed by atoms with Crippen LogP contribution in [0.1, 0.15) is 33.6 Å². The highest BCUT2D eigenvalue weighted by atomic mass is 19.1. The minimum absolute atomic E-state index is 0.467. The van der Waals surface area contributed by atoms with Gasteiger partial charge in [-0.2, -0.15) is 0 Å². The summed E-state index contributed by atoms with van der Waals surface area (Å²) in [6, 6.07) is 0. The lowest BCUT2D eigenvalue weighted by molar-refractivity contribution is 0.310. The molecule has 0 bridgehead atoms. The Hall–Kier alpha value is -0.110. The first-order valence-electron chi connectivity index (χ1n) is 3.65. The molecule has 0 spiro atoms. The van der Waals surface area contributed by atoms with Gasteiger partial charge >= 0.3 is 0 Å². The Labute approximate surface area is 57.4 Å². The quantitative estimate of drug-likeness (QED) is 0.630. The largest absolute Gasteiger partial charge is 0.330 e. The van der Waals surface area contributed by atoms with E-state index in [1.165, 1.54) is 0 Å². The summed E-state index contributed by atoms with van der Waals surface area (Å²) in [6.45, 7) is 6.29. The molecule has 0 aromatic rings. The average molecular weight is 135 g/mol. The van der Waals surface area contributed by atoms with E-state index in [1.54, 1.807) is 0 Å². The van der Waals surface area contributed by atoms with Crippen LogP contribution in [0.15, 0.2) is 0 Å². The van der Waals surface area contributed by atoms with Gasteiger partial charge in [-0.05, 0) is 19.4 Å². The molecule has 2 N–H and O–H groups in total. The van der Waals surface area contributed by atoms with Crippen molar-refractivity contribution in [2.75, 3.05) is 6.54 Å². The number of alkyl halides is 1. The van der Waals surface area contributed by atoms with Crippen molar-refractivity contribution in [2.45, 2.75) is 39.8 Å². The second-order valence-electron chi connectivity index (χ2n) is 1.58. The molecule has 1 atom stereocenters. The van der Waals surface area contributed by atoms with Gasteiger partial charge in [-0.1, -0.05) is 20.8 Å². The number of hydrogen-bond acceptors (Lipinski definition) is 1. The number of nitrogens with two attached hydrogens (primary N) is 1. The summed E-state index contributed by atoms with van der Waals surface area (Å²) in [5.74, 6) is 0. The van der Waals surface area contributed by atoms with Gasteiger partial charge in [0.25, 0.3) is 0 Å². The third kappa shape index (κ3) is 11.4. The molecule has 1 unspecified atom stereocenters. The maximum absolute atomic E-state index is 12.1. The Balaban J connectivity index is 0. The molecule has 0 rings (SSSR count). The standard InChI is InChI=1S/C5H12FN.C2H6/c1-2-5(6)3-4-7;1-2/h5H,2-4,7H2,1H3;1-2H3. The minimum Gasteiger partial charge on any atom is -0.330 e. The van der Waals surface area contributed by atoms with Crippen LogP contribution >= 0.6 is 0 Å². The molecule has 0 radical (unpaired) electrons. The summed E-state index contributed by atoms with van der Waals surface area (Å²) in [4.78, 5) is 0. The van der Waals surface area contributed by atoms with Gasteiger partial charge in [0, 0.05) is 0 Å². The number of hydrogen-bond donors (Lipinski definition) is 1. The van der Waals surface area contributed by atoms with Gasteiger partial charge < -0.3 is 5.73 Å². The Bertz CT molecular complexity index is 39.9. The Morgan fingerprint density at radius 3 is 2.00 bits per heavy atom. The van der Waals surface area contributed by atoms with E-state index in [0.29, 0.717) is 19.4 Å². The van der Waals surface area contributed by atoms with Crippen LogP contribution in [0.25, 0.3) is 0 Å². The van der Waals surface area contributed by atoms with Crippen molar-refractivity contribution in [3.63, 3.8) is 0 Å². The van der Waals surface area contributed by atoms with Crippen molar-refractivity contribution in [1.82, 2.24) is 0 Å². The third-order valence-corrected chi connectivity index (χ3v) is 0.923. The van der Waals surface area contributed by atoms with Gasteiger partial charge in [0.05, 0.1) is 0 Å². The SMILES string of the molecule is CC.CCC(F)CCN. The fraction of sp³-hybridized carbons (Fsp3) is 1.00. The van der Waals surface area contributed by atoms with Gasteiger partial charge in [0.1, 0.15) is 6.17 Å². The van der Waals surface area contributed by atoms with Crippen molar-refractivity contribution in [3.05, 3.63) is 0 Å². The van der Waals surface area contributed by atoms with Crippen molar-refractivity contribution in [3.8, 4) is 0 Å². The normalized spacial score (nSPS) is 11.7. The molecule has 2 heteroatoms. The predicted molar refractivity (Wildman–Crippen MR) is 40.2 cm³/mol. The lowest BCUT2D eigenvalue weighted by Gasteiger charge is -1.98. The molecule has 0 fully saturated rings. The fourth-order valence-corrected chi connectivity index (χ4v) is 0.385. The molecule has 0 amide bonds. The first-order valence-corrected chi connectivity index (χ1v) is 3.65. The van der Waals surface area contributed by atoms with Crippen LogP contribution in [0.4, 0.5) is 4.39 Å². The van der Waals surface area contributed by atoms with Crippen LogP contribution in [0, 0.1) is 0 Å². The van der Waals surface area contributed by atoms with Crippen LogP contribution in [0.5, 0.6) is 0 Å². The van der Waals surface area contributed by atoms with E-state index in [9.17, 15) is 4.39 Å². The highest BCUT2D eigenvalue weighted by Crippen LogP contribution is 1.98. The maximum Gasteiger partial charge on any atom is 0.101 e.